The van der Waals surface area contributed by atoms with Gasteiger partial charge in [-0.05, 0) is 51.6 Å². The molecule has 10 rings (SSSR count). The van der Waals surface area contributed by atoms with E-state index in [1.54, 1.807) is 0 Å². The molecular formula is C42H25N3O. The molecule has 4 heteroatoms. The van der Waals surface area contributed by atoms with Crippen LogP contribution in [0.5, 0.6) is 0 Å². The van der Waals surface area contributed by atoms with Crippen LogP contribution in [0.4, 0.5) is 0 Å². The third-order valence-corrected chi connectivity index (χ3v) is 9.19. The third kappa shape index (κ3) is 3.61. The zero-order valence-electron chi connectivity index (χ0n) is 24.7. The minimum Gasteiger partial charge on any atom is -0.452 e. The van der Waals surface area contributed by atoms with Crippen molar-refractivity contribution in [3.63, 3.8) is 0 Å². The molecule has 0 aliphatic heterocycles. The molecule has 3 aromatic heterocycles. The number of aromatic nitrogens is 3. The van der Waals surface area contributed by atoms with E-state index < -0.39 is 0 Å². The molecule has 0 aliphatic carbocycles. The summed E-state index contributed by atoms with van der Waals surface area (Å²) in [7, 11) is 0. The van der Waals surface area contributed by atoms with Crippen LogP contribution in [-0.4, -0.2) is 14.5 Å². The van der Waals surface area contributed by atoms with Crippen molar-refractivity contribution in [2.75, 3.05) is 0 Å². The summed E-state index contributed by atoms with van der Waals surface area (Å²) in [4.78, 5) is 10.7. The molecule has 46 heavy (non-hydrogen) atoms. The summed E-state index contributed by atoms with van der Waals surface area (Å²) in [6, 6.07) is 53.2. The van der Waals surface area contributed by atoms with Gasteiger partial charge >= 0.3 is 0 Å². The molecule has 0 aliphatic rings. The Balaban J connectivity index is 1.36. The van der Waals surface area contributed by atoms with Gasteiger partial charge in [0.25, 0.3) is 0 Å². The molecule has 214 valence electrons. The summed E-state index contributed by atoms with van der Waals surface area (Å²) in [6.07, 6.45) is 0. The second kappa shape index (κ2) is 9.62. The van der Waals surface area contributed by atoms with Gasteiger partial charge in [-0.2, -0.15) is 0 Å². The maximum Gasteiger partial charge on any atom is 0.236 e. The van der Waals surface area contributed by atoms with Crippen LogP contribution in [-0.2, 0) is 0 Å². The van der Waals surface area contributed by atoms with Crippen molar-refractivity contribution >= 4 is 65.4 Å². The normalized spacial score (nSPS) is 11.9. The molecule has 0 atom stereocenters. The minimum absolute atomic E-state index is 0.616. The lowest BCUT2D eigenvalue weighted by molar-refractivity contribution is 0.666. The molecule has 3 heterocycles. The molecule has 0 fully saturated rings. The van der Waals surface area contributed by atoms with Gasteiger partial charge in [0, 0.05) is 27.1 Å². The van der Waals surface area contributed by atoms with Crippen LogP contribution >= 0.6 is 0 Å². The molecule has 0 unspecified atom stereocenters. The fraction of sp³-hybridized carbons (Fsp3) is 0. The molecule has 0 saturated carbocycles. The summed E-state index contributed by atoms with van der Waals surface area (Å²) in [6.45, 7) is 0. The molecule has 4 nitrogen and oxygen atoms in total. The first-order valence-electron chi connectivity index (χ1n) is 15.5. The monoisotopic (exact) mass is 587 g/mol. The van der Waals surface area contributed by atoms with Gasteiger partial charge in [0.15, 0.2) is 5.58 Å². The highest BCUT2D eigenvalue weighted by Crippen LogP contribution is 2.41. The summed E-state index contributed by atoms with van der Waals surface area (Å²) in [5.41, 5.74) is 8.47. The van der Waals surface area contributed by atoms with Crippen molar-refractivity contribution in [3.05, 3.63) is 152 Å². The van der Waals surface area contributed by atoms with Crippen molar-refractivity contribution in [1.82, 2.24) is 14.5 Å². The van der Waals surface area contributed by atoms with Crippen LogP contribution < -0.4 is 0 Å². The van der Waals surface area contributed by atoms with E-state index in [-0.39, 0.29) is 0 Å². The molecular weight excluding hydrogens is 562 g/mol. The fourth-order valence-corrected chi connectivity index (χ4v) is 7.11. The number of hydrogen-bond acceptors (Lipinski definition) is 3. The van der Waals surface area contributed by atoms with Crippen molar-refractivity contribution in [3.8, 4) is 28.3 Å². The quantitative estimate of drug-likeness (QED) is 0.207. The highest BCUT2D eigenvalue weighted by molar-refractivity contribution is 6.26. The van der Waals surface area contributed by atoms with Gasteiger partial charge in [0.1, 0.15) is 16.8 Å². The fourth-order valence-electron chi connectivity index (χ4n) is 7.11. The lowest BCUT2D eigenvalue weighted by Crippen LogP contribution is -2.03. The topological polar surface area (TPSA) is 43.9 Å². The standard InChI is InChI=1S/C42H25N3O/c1-2-11-26(12-3-1)29-15-10-16-30(25-29)38-41-39(33-19-8-9-20-36(33)46-41)44-42(43-38)45-35-24-22-27-13-4-6-17-31(27)37(35)34-23-21-28-14-5-7-18-32(28)40(34)45/h1-25H. The molecule has 0 radical (unpaired) electrons. The van der Waals surface area contributed by atoms with Crippen LogP contribution in [0.2, 0.25) is 0 Å². The van der Waals surface area contributed by atoms with Gasteiger partial charge in [-0.25, -0.2) is 9.97 Å². The Morgan fingerprint density at radius 2 is 1.15 bits per heavy atom. The predicted octanol–water partition coefficient (Wildman–Crippen LogP) is 11.1. The SMILES string of the molecule is c1ccc(-c2cccc(-c3nc(-n4c5ccc6ccccc6c5c5ccc6ccccc6c54)nc4c3oc3ccccc34)c2)cc1. The Bertz CT molecular complexity index is 2810. The van der Waals surface area contributed by atoms with Gasteiger partial charge in [-0.3, -0.25) is 4.57 Å². The average Bonchev–Trinajstić information content (AvgIpc) is 3.68. The predicted molar refractivity (Wildman–Crippen MR) is 190 cm³/mol. The smallest absolute Gasteiger partial charge is 0.236 e. The molecule has 7 aromatic carbocycles. The number of hydrogen-bond donors (Lipinski definition) is 0. The molecule has 0 bridgehead atoms. The zero-order valence-corrected chi connectivity index (χ0v) is 24.7. The number of nitrogens with zero attached hydrogens (tertiary/aromatic N) is 3. The first kappa shape index (κ1) is 25.1. The summed E-state index contributed by atoms with van der Waals surface area (Å²) in [5, 5.41) is 8.11. The number of rotatable bonds is 3. The summed E-state index contributed by atoms with van der Waals surface area (Å²) in [5.74, 6) is 0.616. The summed E-state index contributed by atoms with van der Waals surface area (Å²) >= 11 is 0. The average molecular weight is 588 g/mol. The van der Waals surface area contributed by atoms with E-state index in [9.17, 15) is 0 Å². The Hall–Kier alpha value is -6.26. The van der Waals surface area contributed by atoms with Gasteiger partial charge in [-0.15, -0.1) is 0 Å². The van der Waals surface area contributed by atoms with E-state index in [2.05, 4.69) is 132 Å². The molecule has 0 amide bonds. The second-order valence-electron chi connectivity index (χ2n) is 11.8. The van der Waals surface area contributed by atoms with Crippen LogP contribution in [0, 0.1) is 0 Å². The molecule has 0 saturated heterocycles. The largest absolute Gasteiger partial charge is 0.452 e. The van der Waals surface area contributed by atoms with Crippen molar-refractivity contribution in [1.29, 1.82) is 0 Å². The van der Waals surface area contributed by atoms with Crippen LogP contribution in [0.25, 0.3) is 93.8 Å². The van der Waals surface area contributed by atoms with E-state index in [1.807, 2.05) is 24.3 Å². The van der Waals surface area contributed by atoms with E-state index in [0.29, 0.717) is 11.5 Å². The highest BCUT2D eigenvalue weighted by Gasteiger charge is 2.23. The summed E-state index contributed by atoms with van der Waals surface area (Å²) < 4.78 is 8.78. The first-order chi connectivity index (χ1) is 22.8. The van der Waals surface area contributed by atoms with E-state index in [0.717, 1.165) is 55.3 Å². The second-order valence-corrected chi connectivity index (χ2v) is 11.8. The number of benzene rings is 7. The van der Waals surface area contributed by atoms with E-state index >= 15 is 0 Å². The zero-order chi connectivity index (χ0) is 30.2. The highest BCUT2D eigenvalue weighted by atomic mass is 16.3. The van der Waals surface area contributed by atoms with E-state index in [4.69, 9.17) is 14.4 Å². The van der Waals surface area contributed by atoms with Gasteiger partial charge in [0.2, 0.25) is 5.95 Å². The molecule has 0 spiro atoms. The minimum atomic E-state index is 0.616. The Morgan fingerprint density at radius 1 is 0.478 bits per heavy atom. The maximum atomic E-state index is 6.52. The Labute approximate surface area is 263 Å². The number of furan rings is 1. The lowest BCUT2D eigenvalue weighted by Gasteiger charge is -2.11. The van der Waals surface area contributed by atoms with Crippen LogP contribution in [0.15, 0.2) is 156 Å². The van der Waals surface area contributed by atoms with Crippen LogP contribution in [0.1, 0.15) is 0 Å². The number of para-hydroxylation sites is 1. The molecule has 10 aromatic rings. The number of fused-ring (bicyclic) bond motifs is 10. The van der Waals surface area contributed by atoms with Crippen molar-refractivity contribution in [2.24, 2.45) is 0 Å². The third-order valence-electron chi connectivity index (χ3n) is 9.19. The van der Waals surface area contributed by atoms with E-state index in [1.165, 1.54) is 26.9 Å². The first-order valence-corrected chi connectivity index (χ1v) is 15.5. The lowest BCUT2D eigenvalue weighted by atomic mass is 10.0. The van der Waals surface area contributed by atoms with Crippen molar-refractivity contribution < 1.29 is 4.42 Å². The van der Waals surface area contributed by atoms with Gasteiger partial charge in [-0.1, -0.05) is 127 Å². The van der Waals surface area contributed by atoms with Gasteiger partial charge < -0.3 is 4.42 Å². The van der Waals surface area contributed by atoms with Crippen LogP contribution in [0.3, 0.4) is 0 Å². The van der Waals surface area contributed by atoms with Crippen molar-refractivity contribution in [2.45, 2.75) is 0 Å². The Morgan fingerprint density at radius 3 is 2.02 bits per heavy atom. The van der Waals surface area contributed by atoms with Gasteiger partial charge in [0.05, 0.1) is 11.0 Å². The maximum absolute atomic E-state index is 6.52. The molecule has 0 N–H and O–H groups in total. The Kier molecular flexibility index (Phi) is 5.25.